The number of hydrogen-bond donors (Lipinski definition) is 0. The molecule has 0 radical (unpaired) electrons. The number of benzene rings is 14. The SMILES string of the molecule is c1ccc2c(c1)-c1ccccc1C21c2ccccc2-c2cc(-c3cccc4c3sc3ccccc34)c(N(c3ccc4c5ccccc5c5ccccc5c4c3)c3ccc4c5ccccc5c5ccccc5c4c3)cc21. The second-order valence-corrected chi connectivity index (χ2v) is 21.6. The molecular formula is C73H43NS. The van der Waals surface area contributed by atoms with E-state index in [0.29, 0.717) is 0 Å². The molecule has 0 amide bonds. The molecule has 17 rings (SSSR count). The van der Waals surface area contributed by atoms with Gasteiger partial charge in [0.15, 0.2) is 0 Å². The predicted molar refractivity (Wildman–Crippen MR) is 321 cm³/mol. The third kappa shape index (κ3) is 5.51. The number of hydrogen-bond acceptors (Lipinski definition) is 2. The molecule has 2 aliphatic rings. The van der Waals surface area contributed by atoms with E-state index in [9.17, 15) is 0 Å². The van der Waals surface area contributed by atoms with Crippen molar-refractivity contribution in [3.8, 4) is 33.4 Å². The Morgan fingerprint density at radius 3 is 1.11 bits per heavy atom. The van der Waals surface area contributed by atoms with E-state index in [2.05, 4.69) is 266 Å². The minimum atomic E-state index is -0.543. The van der Waals surface area contributed by atoms with Gasteiger partial charge in [-0.15, -0.1) is 11.3 Å². The van der Waals surface area contributed by atoms with Crippen LogP contribution in [0.2, 0.25) is 0 Å². The Hall–Kier alpha value is -9.34. The zero-order chi connectivity index (χ0) is 48.9. The highest BCUT2D eigenvalue weighted by molar-refractivity contribution is 7.26. The Kier molecular flexibility index (Phi) is 8.43. The average Bonchev–Trinajstić information content (AvgIpc) is 4.28. The number of anilines is 3. The highest BCUT2D eigenvalue weighted by atomic mass is 32.1. The van der Waals surface area contributed by atoms with Crippen LogP contribution >= 0.6 is 11.3 Å². The van der Waals surface area contributed by atoms with E-state index in [-0.39, 0.29) is 0 Å². The Morgan fingerprint density at radius 2 is 0.613 bits per heavy atom. The van der Waals surface area contributed by atoms with Crippen molar-refractivity contribution in [2.24, 2.45) is 0 Å². The van der Waals surface area contributed by atoms with Gasteiger partial charge < -0.3 is 4.90 Å². The lowest BCUT2D eigenvalue weighted by molar-refractivity contribution is 0.794. The highest BCUT2D eigenvalue weighted by Crippen LogP contribution is 2.64. The van der Waals surface area contributed by atoms with E-state index in [1.165, 1.54) is 140 Å². The van der Waals surface area contributed by atoms with Crippen LogP contribution in [0.3, 0.4) is 0 Å². The van der Waals surface area contributed by atoms with Crippen molar-refractivity contribution < 1.29 is 0 Å². The highest BCUT2D eigenvalue weighted by Gasteiger charge is 2.52. The first-order valence-corrected chi connectivity index (χ1v) is 26.9. The van der Waals surface area contributed by atoms with Crippen molar-refractivity contribution >= 4 is 113 Å². The maximum absolute atomic E-state index is 2.61. The normalized spacial score (nSPS) is 13.2. The second kappa shape index (κ2) is 15.3. The van der Waals surface area contributed by atoms with Gasteiger partial charge in [0.2, 0.25) is 0 Å². The Bertz CT molecular complexity index is 4700. The summed E-state index contributed by atoms with van der Waals surface area (Å²) in [4.78, 5) is 2.61. The third-order valence-electron chi connectivity index (χ3n) is 17.0. The lowest BCUT2D eigenvalue weighted by Crippen LogP contribution is -2.26. The molecule has 0 unspecified atom stereocenters. The van der Waals surface area contributed by atoms with Crippen LogP contribution in [0.5, 0.6) is 0 Å². The molecule has 14 aromatic carbocycles. The van der Waals surface area contributed by atoms with Crippen LogP contribution in [-0.4, -0.2) is 0 Å². The standard InChI is InChI=1S/C73H43NS/c1-3-22-50-46(18-1)48-20-5-7-24-52(48)62-40-44(36-38-54(50)62)74(45-37-39-55-51-23-4-2-19-47(51)49-21-6-8-25-53(49)63(55)41-45)70-43-69-64(42-65(70)61-31-17-30-60-59-29-12-16-35-71(59)75-72(60)61)58-28-11-15-34-68(58)73(69)66-32-13-9-26-56(66)57-27-10-14-33-67(57)73/h1-43H. The molecule has 15 aromatic rings. The monoisotopic (exact) mass is 965 g/mol. The van der Waals surface area contributed by atoms with Crippen LogP contribution < -0.4 is 4.90 Å². The summed E-state index contributed by atoms with van der Waals surface area (Å²) in [5.74, 6) is 0. The van der Waals surface area contributed by atoms with Gasteiger partial charge in [-0.3, -0.25) is 0 Å². The molecule has 0 aliphatic heterocycles. The summed E-state index contributed by atoms with van der Waals surface area (Å²) in [7, 11) is 0. The lowest BCUT2D eigenvalue weighted by Gasteiger charge is -2.33. The van der Waals surface area contributed by atoms with Gasteiger partial charge in [0, 0.05) is 42.7 Å². The van der Waals surface area contributed by atoms with Crippen LogP contribution in [-0.2, 0) is 5.41 Å². The second-order valence-electron chi connectivity index (χ2n) is 20.6. The van der Waals surface area contributed by atoms with Gasteiger partial charge in [0.05, 0.1) is 11.1 Å². The van der Waals surface area contributed by atoms with E-state index >= 15 is 0 Å². The number of nitrogens with zero attached hydrogens (tertiary/aromatic N) is 1. The molecule has 0 saturated heterocycles. The first-order chi connectivity index (χ1) is 37.2. The van der Waals surface area contributed by atoms with Gasteiger partial charge in [-0.25, -0.2) is 0 Å². The number of rotatable bonds is 4. The molecule has 2 aliphatic carbocycles. The van der Waals surface area contributed by atoms with Crippen molar-refractivity contribution in [2.45, 2.75) is 5.41 Å². The zero-order valence-electron chi connectivity index (χ0n) is 40.7. The molecule has 0 bridgehead atoms. The Balaban J connectivity index is 1.05. The summed E-state index contributed by atoms with van der Waals surface area (Å²) in [5.41, 5.74) is 15.7. The van der Waals surface area contributed by atoms with E-state index in [1.807, 2.05) is 11.3 Å². The van der Waals surface area contributed by atoms with Crippen LogP contribution in [0.25, 0.3) is 118 Å². The Labute approximate surface area is 437 Å². The van der Waals surface area contributed by atoms with E-state index in [0.717, 1.165) is 17.1 Å². The topological polar surface area (TPSA) is 3.24 Å². The maximum atomic E-state index is 2.61. The van der Waals surface area contributed by atoms with Gasteiger partial charge in [-0.1, -0.05) is 218 Å². The molecule has 1 spiro atoms. The molecule has 2 heteroatoms. The van der Waals surface area contributed by atoms with Gasteiger partial charge in [-0.2, -0.15) is 0 Å². The largest absolute Gasteiger partial charge is 0.310 e. The molecule has 0 N–H and O–H groups in total. The quantitative estimate of drug-likeness (QED) is 0.159. The molecular weight excluding hydrogens is 923 g/mol. The van der Waals surface area contributed by atoms with E-state index < -0.39 is 5.41 Å². The zero-order valence-corrected chi connectivity index (χ0v) is 41.5. The van der Waals surface area contributed by atoms with Crippen LogP contribution in [0, 0.1) is 0 Å². The number of fused-ring (bicyclic) bond motifs is 25. The first-order valence-electron chi connectivity index (χ1n) is 26.1. The van der Waals surface area contributed by atoms with Crippen LogP contribution in [0.15, 0.2) is 261 Å². The molecule has 1 aromatic heterocycles. The minimum Gasteiger partial charge on any atom is -0.310 e. The smallest absolute Gasteiger partial charge is 0.0726 e. The fourth-order valence-electron chi connectivity index (χ4n) is 14.0. The van der Waals surface area contributed by atoms with Crippen LogP contribution in [0.1, 0.15) is 22.3 Å². The minimum absolute atomic E-state index is 0.543. The average molecular weight is 966 g/mol. The summed E-state index contributed by atoms with van der Waals surface area (Å²) >= 11 is 1.90. The fraction of sp³-hybridized carbons (Fsp3) is 0.0137. The molecule has 75 heavy (non-hydrogen) atoms. The van der Waals surface area contributed by atoms with Crippen molar-refractivity contribution in [1.82, 2.24) is 0 Å². The first kappa shape index (κ1) is 41.2. The third-order valence-corrected chi connectivity index (χ3v) is 18.2. The molecule has 0 atom stereocenters. The maximum Gasteiger partial charge on any atom is 0.0726 e. The lowest BCUT2D eigenvalue weighted by atomic mass is 9.70. The summed E-state index contributed by atoms with van der Waals surface area (Å²) < 4.78 is 2.59. The summed E-state index contributed by atoms with van der Waals surface area (Å²) in [6, 6.07) is 98.9. The summed E-state index contributed by atoms with van der Waals surface area (Å²) in [6.07, 6.45) is 0. The van der Waals surface area contributed by atoms with E-state index in [4.69, 9.17) is 0 Å². The summed E-state index contributed by atoms with van der Waals surface area (Å²) in [6.45, 7) is 0. The molecule has 346 valence electrons. The Morgan fingerprint density at radius 1 is 0.240 bits per heavy atom. The fourth-order valence-corrected chi connectivity index (χ4v) is 15.2. The van der Waals surface area contributed by atoms with Crippen molar-refractivity contribution in [1.29, 1.82) is 0 Å². The summed E-state index contributed by atoms with van der Waals surface area (Å²) in [5, 5.41) is 17.7. The van der Waals surface area contributed by atoms with Crippen molar-refractivity contribution in [3.63, 3.8) is 0 Å². The predicted octanol–water partition coefficient (Wildman–Crippen LogP) is 20.5. The van der Waals surface area contributed by atoms with E-state index in [1.54, 1.807) is 0 Å². The van der Waals surface area contributed by atoms with Crippen LogP contribution in [0.4, 0.5) is 17.1 Å². The molecule has 1 nitrogen and oxygen atoms in total. The van der Waals surface area contributed by atoms with Gasteiger partial charge >= 0.3 is 0 Å². The number of thiophene rings is 1. The van der Waals surface area contributed by atoms with Crippen molar-refractivity contribution in [2.75, 3.05) is 4.90 Å². The van der Waals surface area contributed by atoms with Crippen molar-refractivity contribution in [3.05, 3.63) is 283 Å². The van der Waals surface area contributed by atoms with Gasteiger partial charge in [0.25, 0.3) is 0 Å². The molecule has 0 fully saturated rings. The molecule has 0 saturated carbocycles. The molecule has 1 heterocycles. The van der Waals surface area contributed by atoms with Gasteiger partial charge in [-0.05, 0) is 152 Å². The van der Waals surface area contributed by atoms with Gasteiger partial charge in [0.1, 0.15) is 0 Å².